The van der Waals surface area contributed by atoms with Crippen LogP contribution in [0.25, 0.3) is 0 Å². The molecule has 0 radical (unpaired) electrons. The highest BCUT2D eigenvalue weighted by atomic mass is 79.9. The summed E-state index contributed by atoms with van der Waals surface area (Å²) < 4.78 is 28.1. The second kappa shape index (κ2) is 6.08. The Hall–Kier alpha value is -0.160. The Morgan fingerprint density at radius 1 is 0.947 bits per heavy atom. The molecule has 0 aliphatic carbocycles. The largest absolute Gasteiger partial charge is 0.207 e. The Kier molecular flexibility index (Phi) is 4.88. The lowest BCUT2D eigenvalue weighted by molar-refractivity contribution is 0.582. The third-order valence-electron chi connectivity index (χ3n) is 2.55. The number of hydrogen-bond acceptors (Lipinski definition) is 0. The van der Waals surface area contributed by atoms with Gasteiger partial charge in [-0.1, -0.05) is 17.7 Å². The SMILES string of the molecule is Fc1cc(C(Cl)c2ccc(Br)c(Cl)c2)c(F)cc1Br. The Morgan fingerprint density at radius 2 is 1.63 bits per heavy atom. The first-order valence-electron chi connectivity index (χ1n) is 5.13. The maximum atomic E-state index is 13.8. The van der Waals surface area contributed by atoms with E-state index in [1.165, 1.54) is 0 Å². The summed E-state index contributed by atoms with van der Waals surface area (Å²) in [6.07, 6.45) is 0. The normalized spacial score (nSPS) is 12.5. The van der Waals surface area contributed by atoms with Gasteiger partial charge in [0.15, 0.2) is 0 Å². The first-order valence-corrected chi connectivity index (χ1v) is 7.53. The highest BCUT2D eigenvalue weighted by Crippen LogP contribution is 2.35. The van der Waals surface area contributed by atoms with Crippen LogP contribution in [0.15, 0.2) is 39.3 Å². The molecule has 0 aliphatic heterocycles. The fourth-order valence-corrected chi connectivity index (χ4v) is 2.64. The molecule has 0 nitrogen and oxygen atoms in total. The summed E-state index contributed by atoms with van der Waals surface area (Å²) in [6.45, 7) is 0. The smallest absolute Gasteiger partial charge is 0.137 e. The average molecular weight is 431 g/mol. The van der Waals surface area contributed by atoms with Gasteiger partial charge in [0.25, 0.3) is 0 Å². The summed E-state index contributed by atoms with van der Waals surface area (Å²) in [7, 11) is 0. The van der Waals surface area contributed by atoms with Gasteiger partial charge in [-0.25, -0.2) is 8.78 Å². The predicted molar refractivity (Wildman–Crippen MR) is 80.9 cm³/mol. The van der Waals surface area contributed by atoms with Crippen LogP contribution in [0, 0.1) is 11.6 Å². The summed E-state index contributed by atoms with van der Waals surface area (Å²) in [5, 5.41) is -0.352. The van der Waals surface area contributed by atoms with E-state index in [0.29, 0.717) is 15.1 Å². The Labute approximate surface area is 136 Å². The van der Waals surface area contributed by atoms with E-state index in [2.05, 4.69) is 31.9 Å². The molecule has 0 aliphatic rings. The van der Waals surface area contributed by atoms with Crippen LogP contribution in [0.3, 0.4) is 0 Å². The molecule has 2 aromatic rings. The van der Waals surface area contributed by atoms with Gasteiger partial charge in [-0.2, -0.15) is 0 Å². The predicted octanol–water partition coefficient (Wildman–Crippen LogP) is 6.47. The second-order valence-electron chi connectivity index (χ2n) is 3.82. The summed E-state index contributed by atoms with van der Waals surface area (Å²) >= 11 is 18.3. The van der Waals surface area contributed by atoms with Gasteiger partial charge in [0.1, 0.15) is 11.6 Å². The fraction of sp³-hybridized carbons (Fsp3) is 0.0769. The van der Waals surface area contributed by atoms with Gasteiger partial charge < -0.3 is 0 Å². The van der Waals surface area contributed by atoms with E-state index < -0.39 is 17.0 Å². The van der Waals surface area contributed by atoms with Crippen LogP contribution in [-0.2, 0) is 0 Å². The molecule has 19 heavy (non-hydrogen) atoms. The molecular formula is C13H6Br2Cl2F2. The zero-order chi connectivity index (χ0) is 14.2. The van der Waals surface area contributed by atoms with Crippen molar-refractivity contribution in [1.82, 2.24) is 0 Å². The van der Waals surface area contributed by atoms with E-state index in [4.69, 9.17) is 23.2 Å². The molecule has 0 spiro atoms. The first kappa shape index (κ1) is 15.2. The van der Waals surface area contributed by atoms with Crippen LogP contribution in [0.2, 0.25) is 5.02 Å². The molecule has 0 fully saturated rings. The standard InChI is InChI=1S/C13H6Br2Cl2F2/c14-8-2-1-6(3-10(8)16)13(17)7-4-12(19)9(15)5-11(7)18/h1-5,13H. The maximum Gasteiger partial charge on any atom is 0.137 e. The molecule has 2 aromatic carbocycles. The third-order valence-corrected chi connectivity index (χ3v) is 4.88. The molecule has 0 heterocycles. The van der Waals surface area contributed by atoms with Gasteiger partial charge in [-0.3, -0.25) is 0 Å². The maximum absolute atomic E-state index is 13.8. The Bertz CT molecular complexity index is 632. The lowest BCUT2D eigenvalue weighted by atomic mass is 10.0. The van der Waals surface area contributed by atoms with Gasteiger partial charge in [0, 0.05) is 10.0 Å². The van der Waals surface area contributed by atoms with E-state index in [9.17, 15) is 8.78 Å². The van der Waals surface area contributed by atoms with Crippen LogP contribution in [-0.4, -0.2) is 0 Å². The highest BCUT2D eigenvalue weighted by molar-refractivity contribution is 9.10. The van der Waals surface area contributed by atoms with E-state index in [1.54, 1.807) is 18.2 Å². The van der Waals surface area contributed by atoms with Gasteiger partial charge in [0.05, 0.1) is 14.9 Å². The van der Waals surface area contributed by atoms with Crippen LogP contribution in [0.4, 0.5) is 8.78 Å². The quantitative estimate of drug-likeness (QED) is 0.378. The van der Waals surface area contributed by atoms with Crippen molar-refractivity contribution < 1.29 is 8.78 Å². The topological polar surface area (TPSA) is 0 Å². The summed E-state index contributed by atoms with van der Waals surface area (Å²) in [5.41, 5.74) is 0.663. The number of halogens is 6. The van der Waals surface area contributed by atoms with Gasteiger partial charge in [-0.05, 0) is 61.7 Å². The van der Waals surface area contributed by atoms with E-state index >= 15 is 0 Å². The minimum absolute atomic E-state index is 0.0615. The molecule has 1 atom stereocenters. The van der Waals surface area contributed by atoms with Crippen molar-refractivity contribution in [3.63, 3.8) is 0 Å². The molecule has 0 bridgehead atoms. The van der Waals surface area contributed by atoms with Crippen LogP contribution in [0.5, 0.6) is 0 Å². The third kappa shape index (κ3) is 3.30. The van der Waals surface area contributed by atoms with Gasteiger partial charge >= 0.3 is 0 Å². The fourth-order valence-electron chi connectivity index (χ4n) is 1.58. The van der Waals surface area contributed by atoms with Crippen molar-refractivity contribution in [3.8, 4) is 0 Å². The van der Waals surface area contributed by atoms with Crippen molar-refractivity contribution in [2.24, 2.45) is 0 Å². The summed E-state index contributed by atoms with van der Waals surface area (Å²) in [4.78, 5) is 0. The zero-order valence-electron chi connectivity index (χ0n) is 9.23. The molecule has 0 N–H and O–H groups in total. The molecular weight excluding hydrogens is 425 g/mol. The van der Waals surface area contributed by atoms with Crippen molar-refractivity contribution in [1.29, 1.82) is 0 Å². The van der Waals surface area contributed by atoms with Crippen LogP contribution < -0.4 is 0 Å². The number of rotatable bonds is 2. The van der Waals surface area contributed by atoms with Crippen molar-refractivity contribution in [3.05, 3.63) is 67.1 Å². The Balaban J connectivity index is 2.46. The summed E-state index contributed by atoms with van der Waals surface area (Å²) in [5.74, 6) is -1.14. The number of benzene rings is 2. The van der Waals surface area contributed by atoms with E-state index in [1.807, 2.05) is 0 Å². The second-order valence-corrected chi connectivity index (χ2v) is 6.38. The van der Waals surface area contributed by atoms with Gasteiger partial charge in [0.2, 0.25) is 0 Å². The lowest BCUT2D eigenvalue weighted by Gasteiger charge is -2.13. The van der Waals surface area contributed by atoms with E-state index in [0.717, 1.165) is 12.1 Å². The molecule has 1 unspecified atom stereocenters. The van der Waals surface area contributed by atoms with Crippen LogP contribution in [0.1, 0.15) is 16.5 Å². The Morgan fingerprint density at radius 3 is 2.26 bits per heavy atom. The zero-order valence-corrected chi connectivity index (χ0v) is 13.9. The van der Waals surface area contributed by atoms with Crippen LogP contribution >= 0.6 is 55.1 Å². The molecule has 6 heteroatoms. The molecule has 0 saturated heterocycles. The minimum atomic E-state index is -0.812. The molecule has 0 aromatic heterocycles. The first-order chi connectivity index (χ1) is 8.90. The number of alkyl halides is 1. The molecule has 2 rings (SSSR count). The van der Waals surface area contributed by atoms with Crippen molar-refractivity contribution in [2.45, 2.75) is 5.38 Å². The van der Waals surface area contributed by atoms with E-state index in [-0.39, 0.29) is 10.0 Å². The molecule has 0 saturated carbocycles. The van der Waals surface area contributed by atoms with Gasteiger partial charge in [-0.15, -0.1) is 11.6 Å². The van der Waals surface area contributed by atoms with Crippen molar-refractivity contribution in [2.75, 3.05) is 0 Å². The molecule has 0 amide bonds. The number of hydrogen-bond donors (Lipinski definition) is 0. The average Bonchev–Trinajstić information content (AvgIpc) is 2.36. The van der Waals surface area contributed by atoms with Crippen molar-refractivity contribution >= 4 is 55.1 Å². The molecule has 100 valence electrons. The monoisotopic (exact) mass is 428 g/mol. The minimum Gasteiger partial charge on any atom is -0.207 e. The summed E-state index contributed by atoms with van der Waals surface area (Å²) in [6, 6.07) is 7.16. The lowest BCUT2D eigenvalue weighted by Crippen LogP contribution is -1.99. The highest BCUT2D eigenvalue weighted by Gasteiger charge is 2.18.